The molecule has 1 aliphatic heterocycles. The molecular weight excluding hydrogens is 499 g/mol. The third kappa shape index (κ3) is 7.57. The highest BCUT2D eigenvalue weighted by Gasteiger charge is 2.26. The standard InChI is InChI=1S/C26H33FN4O5S/c1-34-10-11-35-12-13-36-16-24(32)31-8-5-18(6-9-31)26-30-23(17-37-26)25(33)28-7-4-19-15-29-22-3-2-20(27)14-21(19)22/h2-3,14-15,17-18,29H,4-13,16H2,1H3,(H,28,33). The number of likely N-dealkylation sites (tertiary alicyclic amines) is 1. The number of benzene rings is 1. The van der Waals surface area contributed by atoms with Crippen LogP contribution in [0.3, 0.4) is 0 Å². The number of nitrogens with one attached hydrogen (secondary N) is 2. The number of nitrogens with zero attached hydrogens (tertiary/aromatic N) is 2. The van der Waals surface area contributed by atoms with Gasteiger partial charge in [0.05, 0.1) is 31.4 Å². The first kappa shape index (κ1) is 27.2. The van der Waals surface area contributed by atoms with Crippen LogP contribution in [-0.2, 0) is 25.4 Å². The number of hydrogen-bond donors (Lipinski definition) is 2. The number of aromatic nitrogens is 2. The summed E-state index contributed by atoms with van der Waals surface area (Å²) in [4.78, 5) is 34.5. The number of thiazole rings is 1. The van der Waals surface area contributed by atoms with Crippen LogP contribution in [0.2, 0.25) is 0 Å². The van der Waals surface area contributed by atoms with Crippen molar-refractivity contribution in [2.45, 2.75) is 25.2 Å². The van der Waals surface area contributed by atoms with Gasteiger partial charge in [-0.05, 0) is 43.0 Å². The first-order valence-corrected chi connectivity index (χ1v) is 13.3. The van der Waals surface area contributed by atoms with Gasteiger partial charge in [0.15, 0.2) is 0 Å². The van der Waals surface area contributed by atoms with Gasteiger partial charge in [-0.25, -0.2) is 9.37 Å². The molecule has 37 heavy (non-hydrogen) atoms. The minimum atomic E-state index is -0.282. The number of piperidine rings is 1. The minimum absolute atomic E-state index is 0.0208. The maximum atomic E-state index is 13.6. The summed E-state index contributed by atoms with van der Waals surface area (Å²) in [7, 11) is 1.62. The lowest BCUT2D eigenvalue weighted by molar-refractivity contribution is -0.137. The molecule has 3 aromatic rings. The van der Waals surface area contributed by atoms with Crippen molar-refractivity contribution in [2.75, 3.05) is 59.8 Å². The number of fused-ring (bicyclic) bond motifs is 1. The Hall–Kier alpha value is -2.86. The number of methoxy groups -OCH3 is 1. The van der Waals surface area contributed by atoms with E-state index in [0.29, 0.717) is 58.2 Å². The molecule has 2 aromatic heterocycles. The summed E-state index contributed by atoms with van der Waals surface area (Å²) in [6.45, 7) is 3.61. The largest absolute Gasteiger partial charge is 0.382 e. The molecule has 1 aromatic carbocycles. The molecule has 0 atom stereocenters. The first-order valence-electron chi connectivity index (χ1n) is 12.5. The first-order chi connectivity index (χ1) is 18.0. The molecule has 1 saturated heterocycles. The molecule has 9 nitrogen and oxygen atoms in total. The molecule has 0 spiro atoms. The number of halogens is 1. The zero-order valence-corrected chi connectivity index (χ0v) is 21.8. The quantitative estimate of drug-likeness (QED) is 0.328. The highest BCUT2D eigenvalue weighted by molar-refractivity contribution is 7.09. The number of hydrogen-bond acceptors (Lipinski definition) is 7. The second-order valence-electron chi connectivity index (χ2n) is 8.89. The zero-order valence-electron chi connectivity index (χ0n) is 21.0. The predicted octanol–water partition coefficient (Wildman–Crippen LogP) is 3.12. The van der Waals surface area contributed by atoms with E-state index in [9.17, 15) is 14.0 Å². The normalized spacial score (nSPS) is 14.4. The van der Waals surface area contributed by atoms with Gasteiger partial charge < -0.3 is 29.4 Å². The Balaban J connectivity index is 1.16. The molecule has 3 heterocycles. The summed E-state index contributed by atoms with van der Waals surface area (Å²) >= 11 is 1.48. The highest BCUT2D eigenvalue weighted by atomic mass is 32.1. The Labute approximate surface area is 219 Å². The molecule has 0 saturated carbocycles. The lowest BCUT2D eigenvalue weighted by atomic mass is 9.97. The number of carbonyl (C=O) groups is 2. The fraction of sp³-hybridized carbons (Fsp3) is 0.500. The van der Waals surface area contributed by atoms with E-state index in [2.05, 4.69) is 15.3 Å². The molecule has 1 fully saturated rings. The SMILES string of the molecule is COCCOCCOCC(=O)N1CCC(c2nc(C(=O)NCCc3c[nH]c4ccc(F)cc34)cs2)CC1. The molecule has 11 heteroatoms. The van der Waals surface area contributed by atoms with Crippen molar-refractivity contribution in [3.63, 3.8) is 0 Å². The van der Waals surface area contributed by atoms with E-state index in [1.54, 1.807) is 18.6 Å². The van der Waals surface area contributed by atoms with E-state index in [0.717, 1.165) is 34.3 Å². The van der Waals surface area contributed by atoms with Crippen molar-refractivity contribution < 1.29 is 28.2 Å². The molecule has 0 bridgehead atoms. The Bertz CT molecular complexity index is 1170. The Kier molecular flexibility index (Phi) is 10.0. The molecule has 2 N–H and O–H groups in total. The van der Waals surface area contributed by atoms with E-state index < -0.39 is 0 Å². The topological polar surface area (TPSA) is 106 Å². The smallest absolute Gasteiger partial charge is 0.270 e. The van der Waals surface area contributed by atoms with Crippen molar-refractivity contribution >= 4 is 34.1 Å². The summed E-state index contributed by atoms with van der Waals surface area (Å²) in [6, 6.07) is 4.63. The number of H-pyrrole nitrogens is 1. The average molecular weight is 533 g/mol. The van der Waals surface area contributed by atoms with Crippen molar-refractivity contribution in [3.05, 3.63) is 51.9 Å². The molecule has 0 aliphatic carbocycles. The highest BCUT2D eigenvalue weighted by Crippen LogP contribution is 2.30. The van der Waals surface area contributed by atoms with Crippen molar-refractivity contribution in [1.29, 1.82) is 0 Å². The van der Waals surface area contributed by atoms with Crippen LogP contribution in [0.4, 0.5) is 4.39 Å². The third-order valence-electron chi connectivity index (χ3n) is 6.39. The average Bonchev–Trinajstić information content (AvgIpc) is 3.56. The van der Waals surface area contributed by atoms with Crippen LogP contribution in [0.25, 0.3) is 10.9 Å². The molecule has 0 radical (unpaired) electrons. The van der Waals surface area contributed by atoms with Gasteiger partial charge in [0, 0.05) is 55.1 Å². The predicted molar refractivity (Wildman–Crippen MR) is 138 cm³/mol. The van der Waals surface area contributed by atoms with Gasteiger partial charge in [-0.2, -0.15) is 0 Å². The second-order valence-corrected chi connectivity index (χ2v) is 9.78. The van der Waals surface area contributed by atoms with E-state index in [-0.39, 0.29) is 30.2 Å². The third-order valence-corrected chi connectivity index (χ3v) is 7.40. The number of amides is 2. The van der Waals surface area contributed by atoms with Crippen LogP contribution in [0.15, 0.2) is 29.8 Å². The fourth-order valence-electron chi connectivity index (χ4n) is 4.33. The lowest BCUT2D eigenvalue weighted by Gasteiger charge is -2.31. The number of aromatic amines is 1. The minimum Gasteiger partial charge on any atom is -0.382 e. The van der Waals surface area contributed by atoms with Crippen LogP contribution in [0.5, 0.6) is 0 Å². The van der Waals surface area contributed by atoms with E-state index in [4.69, 9.17) is 14.2 Å². The summed E-state index contributed by atoms with van der Waals surface area (Å²) in [5.74, 6) is -0.292. The molecule has 200 valence electrons. The summed E-state index contributed by atoms with van der Waals surface area (Å²) < 4.78 is 29.2. The van der Waals surface area contributed by atoms with E-state index >= 15 is 0 Å². The molecule has 4 rings (SSSR count). The Morgan fingerprint density at radius 1 is 1.19 bits per heavy atom. The van der Waals surface area contributed by atoms with Crippen LogP contribution in [0, 0.1) is 5.82 Å². The number of ether oxygens (including phenoxy) is 3. The van der Waals surface area contributed by atoms with Crippen molar-refractivity contribution in [3.8, 4) is 0 Å². The van der Waals surface area contributed by atoms with Crippen LogP contribution in [0.1, 0.15) is 39.8 Å². The van der Waals surface area contributed by atoms with Gasteiger partial charge >= 0.3 is 0 Å². The van der Waals surface area contributed by atoms with Crippen LogP contribution >= 0.6 is 11.3 Å². The number of carbonyl (C=O) groups excluding carboxylic acids is 2. The molecule has 2 amide bonds. The molecule has 1 aliphatic rings. The monoisotopic (exact) mass is 532 g/mol. The fourth-order valence-corrected chi connectivity index (χ4v) is 5.30. The van der Waals surface area contributed by atoms with Crippen LogP contribution in [-0.4, -0.2) is 86.5 Å². The number of rotatable bonds is 13. The second kappa shape index (κ2) is 13.6. The van der Waals surface area contributed by atoms with Crippen molar-refractivity contribution in [2.24, 2.45) is 0 Å². The zero-order chi connectivity index (χ0) is 26.0. The maximum absolute atomic E-state index is 13.6. The van der Waals surface area contributed by atoms with Gasteiger partial charge in [0.2, 0.25) is 5.91 Å². The van der Waals surface area contributed by atoms with Gasteiger partial charge in [0.25, 0.3) is 5.91 Å². The van der Waals surface area contributed by atoms with Crippen molar-refractivity contribution in [1.82, 2.24) is 20.2 Å². The molecular formula is C26H33FN4O5S. The van der Waals surface area contributed by atoms with Gasteiger partial charge in [-0.3, -0.25) is 9.59 Å². The summed E-state index contributed by atoms with van der Waals surface area (Å²) in [6.07, 6.45) is 4.04. The lowest BCUT2D eigenvalue weighted by Crippen LogP contribution is -2.40. The Morgan fingerprint density at radius 2 is 1.97 bits per heavy atom. The van der Waals surface area contributed by atoms with Crippen LogP contribution < -0.4 is 5.32 Å². The van der Waals surface area contributed by atoms with E-state index in [1.165, 1.54) is 23.5 Å². The van der Waals surface area contributed by atoms with Gasteiger partial charge in [0.1, 0.15) is 18.1 Å². The Morgan fingerprint density at radius 3 is 2.78 bits per heavy atom. The summed E-state index contributed by atoms with van der Waals surface area (Å²) in [5, 5.41) is 6.44. The van der Waals surface area contributed by atoms with Gasteiger partial charge in [-0.15, -0.1) is 11.3 Å². The summed E-state index contributed by atoms with van der Waals surface area (Å²) in [5.41, 5.74) is 2.23. The van der Waals surface area contributed by atoms with E-state index in [1.807, 2.05) is 11.1 Å². The van der Waals surface area contributed by atoms with Gasteiger partial charge in [-0.1, -0.05) is 0 Å². The molecule has 0 unspecified atom stereocenters. The maximum Gasteiger partial charge on any atom is 0.270 e.